The summed E-state index contributed by atoms with van der Waals surface area (Å²) in [6.45, 7) is 1.98. The van der Waals surface area contributed by atoms with Gasteiger partial charge in [-0.2, -0.15) is 0 Å². The van der Waals surface area contributed by atoms with E-state index in [9.17, 15) is 9.90 Å². The number of aliphatic hydroxyl groups excluding tert-OH is 1. The van der Waals surface area contributed by atoms with Gasteiger partial charge in [-0.25, -0.2) is 0 Å². The zero-order chi connectivity index (χ0) is 14.6. The van der Waals surface area contributed by atoms with Crippen LogP contribution in [0.4, 0.5) is 0 Å². The lowest BCUT2D eigenvalue weighted by Gasteiger charge is -2.26. The summed E-state index contributed by atoms with van der Waals surface area (Å²) in [7, 11) is 0. The molecule has 2 rings (SSSR count). The second-order valence-electron chi connectivity index (χ2n) is 5.46. The number of ether oxygens (including phenoxy) is 1. The molecule has 110 valence electrons. The fraction of sp³-hybridized carbons (Fsp3) is 0.533. The minimum Gasteiger partial charge on any atom is -0.493 e. The van der Waals surface area contributed by atoms with Gasteiger partial charge >= 0.3 is 5.97 Å². The largest absolute Gasteiger partial charge is 0.493 e. The number of carboxylic acids is 1. The van der Waals surface area contributed by atoms with E-state index >= 15 is 0 Å². The van der Waals surface area contributed by atoms with E-state index in [-0.39, 0.29) is 6.61 Å². The first-order chi connectivity index (χ1) is 9.53. The van der Waals surface area contributed by atoms with E-state index in [1.807, 2.05) is 6.07 Å². The first-order valence-corrected chi connectivity index (χ1v) is 6.87. The molecule has 1 atom stereocenters. The molecule has 0 aromatic heterocycles. The highest BCUT2D eigenvalue weighted by Gasteiger charge is 2.38. The van der Waals surface area contributed by atoms with Crippen molar-refractivity contribution in [2.45, 2.75) is 44.4 Å². The predicted octanol–water partition coefficient (Wildman–Crippen LogP) is 1.54. The standard InChI is InChI=1S/C15H21NO4/c1-15(14(18)19,16-12-5-6-12)7-8-20-13-4-2-3-11(9-13)10-17/h2-4,9,12,16-17H,5-8,10H2,1H3,(H,18,19). The highest BCUT2D eigenvalue weighted by molar-refractivity contribution is 5.78. The van der Waals surface area contributed by atoms with Crippen LogP contribution < -0.4 is 10.1 Å². The molecule has 1 aliphatic carbocycles. The lowest BCUT2D eigenvalue weighted by molar-refractivity contribution is -0.144. The molecule has 5 nitrogen and oxygen atoms in total. The Labute approximate surface area is 118 Å². The maximum atomic E-state index is 11.4. The maximum absolute atomic E-state index is 11.4. The molecule has 1 fully saturated rings. The Bertz CT molecular complexity index is 473. The quantitative estimate of drug-likeness (QED) is 0.673. The van der Waals surface area contributed by atoms with Crippen molar-refractivity contribution >= 4 is 5.97 Å². The molecule has 0 heterocycles. The van der Waals surface area contributed by atoms with Crippen molar-refractivity contribution in [2.75, 3.05) is 6.61 Å². The lowest BCUT2D eigenvalue weighted by atomic mass is 9.98. The Morgan fingerprint density at radius 3 is 2.85 bits per heavy atom. The average molecular weight is 279 g/mol. The summed E-state index contributed by atoms with van der Waals surface area (Å²) in [6.07, 6.45) is 2.48. The van der Waals surface area contributed by atoms with Crippen molar-refractivity contribution in [3.05, 3.63) is 29.8 Å². The fourth-order valence-corrected chi connectivity index (χ4v) is 2.03. The number of aliphatic hydroxyl groups is 1. The van der Waals surface area contributed by atoms with Gasteiger partial charge < -0.3 is 14.9 Å². The number of nitrogens with one attached hydrogen (secondary N) is 1. The summed E-state index contributed by atoms with van der Waals surface area (Å²) in [5.41, 5.74) is -0.171. The number of carboxylic acid groups (broad SMARTS) is 1. The third-order valence-electron chi connectivity index (χ3n) is 3.52. The van der Waals surface area contributed by atoms with Crippen LogP contribution in [-0.4, -0.2) is 34.4 Å². The van der Waals surface area contributed by atoms with E-state index in [0.717, 1.165) is 18.4 Å². The zero-order valence-corrected chi connectivity index (χ0v) is 11.6. The van der Waals surface area contributed by atoms with Crippen LogP contribution in [0, 0.1) is 0 Å². The van der Waals surface area contributed by atoms with Crippen LogP contribution in [0.25, 0.3) is 0 Å². The number of hydrogen-bond acceptors (Lipinski definition) is 4. The minimum atomic E-state index is -0.949. The molecule has 1 aromatic rings. The van der Waals surface area contributed by atoms with Crippen molar-refractivity contribution in [1.82, 2.24) is 5.32 Å². The van der Waals surface area contributed by atoms with Gasteiger partial charge in [-0.1, -0.05) is 12.1 Å². The van der Waals surface area contributed by atoms with Crippen LogP contribution >= 0.6 is 0 Å². The van der Waals surface area contributed by atoms with E-state index < -0.39 is 11.5 Å². The summed E-state index contributed by atoms with van der Waals surface area (Å²) >= 11 is 0. The normalized spacial score (nSPS) is 17.5. The molecular weight excluding hydrogens is 258 g/mol. The smallest absolute Gasteiger partial charge is 0.323 e. The van der Waals surface area contributed by atoms with Crippen LogP contribution in [0.5, 0.6) is 5.75 Å². The predicted molar refractivity (Wildman–Crippen MR) is 74.7 cm³/mol. The summed E-state index contributed by atoms with van der Waals surface area (Å²) in [5, 5.41) is 21.5. The Balaban J connectivity index is 1.87. The molecule has 0 bridgehead atoms. The second kappa shape index (κ2) is 6.24. The zero-order valence-electron chi connectivity index (χ0n) is 11.6. The molecule has 0 radical (unpaired) electrons. The van der Waals surface area contributed by atoms with E-state index in [1.54, 1.807) is 25.1 Å². The molecule has 1 unspecified atom stereocenters. The maximum Gasteiger partial charge on any atom is 0.323 e. The Morgan fingerprint density at radius 2 is 2.25 bits per heavy atom. The summed E-state index contributed by atoms with van der Waals surface area (Å²) in [5.74, 6) is -0.201. The van der Waals surface area contributed by atoms with Gasteiger partial charge in [-0.3, -0.25) is 10.1 Å². The SMILES string of the molecule is CC(CCOc1cccc(CO)c1)(NC1CC1)C(=O)O. The molecule has 0 saturated heterocycles. The Hall–Kier alpha value is -1.59. The van der Waals surface area contributed by atoms with E-state index in [2.05, 4.69) is 5.32 Å². The van der Waals surface area contributed by atoms with Gasteiger partial charge in [0.05, 0.1) is 13.2 Å². The van der Waals surface area contributed by atoms with Crippen LogP contribution in [0.15, 0.2) is 24.3 Å². The topological polar surface area (TPSA) is 78.8 Å². The van der Waals surface area contributed by atoms with Gasteiger partial charge in [0, 0.05) is 12.5 Å². The van der Waals surface area contributed by atoms with Crippen molar-refractivity contribution in [1.29, 1.82) is 0 Å². The van der Waals surface area contributed by atoms with Crippen LogP contribution in [0.1, 0.15) is 31.7 Å². The highest BCUT2D eigenvalue weighted by atomic mass is 16.5. The molecule has 0 amide bonds. The van der Waals surface area contributed by atoms with Crippen molar-refractivity contribution < 1.29 is 19.7 Å². The number of benzene rings is 1. The fourth-order valence-electron chi connectivity index (χ4n) is 2.03. The van der Waals surface area contributed by atoms with Gasteiger partial charge in [-0.05, 0) is 37.5 Å². The van der Waals surface area contributed by atoms with Crippen molar-refractivity contribution in [3.63, 3.8) is 0 Å². The summed E-state index contributed by atoms with van der Waals surface area (Å²) in [6, 6.07) is 7.49. The first-order valence-electron chi connectivity index (χ1n) is 6.87. The third kappa shape index (κ3) is 3.95. The van der Waals surface area contributed by atoms with Gasteiger partial charge in [-0.15, -0.1) is 0 Å². The molecular formula is C15H21NO4. The number of carbonyl (C=O) groups is 1. The third-order valence-corrected chi connectivity index (χ3v) is 3.52. The van der Waals surface area contributed by atoms with Crippen LogP contribution in [0.2, 0.25) is 0 Å². The molecule has 20 heavy (non-hydrogen) atoms. The molecule has 1 aromatic carbocycles. The number of rotatable bonds is 8. The van der Waals surface area contributed by atoms with Gasteiger partial charge in [0.15, 0.2) is 0 Å². The molecule has 0 spiro atoms. The van der Waals surface area contributed by atoms with Gasteiger partial charge in [0.25, 0.3) is 0 Å². The lowest BCUT2D eigenvalue weighted by Crippen LogP contribution is -2.51. The highest BCUT2D eigenvalue weighted by Crippen LogP contribution is 2.24. The van der Waals surface area contributed by atoms with Crippen LogP contribution in [0.3, 0.4) is 0 Å². The molecule has 1 saturated carbocycles. The first kappa shape index (κ1) is 14.8. The molecule has 1 aliphatic rings. The number of aliphatic carboxylic acids is 1. The van der Waals surface area contributed by atoms with Crippen LogP contribution in [-0.2, 0) is 11.4 Å². The summed E-state index contributed by atoms with van der Waals surface area (Å²) in [4.78, 5) is 11.4. The van der Waals surface area contributed by atoms with Gasteiger partial charge in [0.2, 0.25) is 0 Å². The molecule has 5 heteroatoms. The van der Waals surface area contributed by atoms with E-state index in [1.165, 1.54) is 0 Å². The van der Waals surface area contributed by atoms with E-state index in [4.69, 9.17) is 9.84 Å². The summed E-state index contributed by atoms with van der Waals surface area (Å²) < 4.78 is 5.58. The molecule has 3 N–H and O–H groups in total. The second-order valence-corrected chi connectivity index (χ2v) is 5.46. The Kier molecular flexibility index (Phi) is 4.62. The van der Waals surface area contributed by atoms with Crippen molar-refractivity contribution in [3.8, 4) is 5.75 Å². The average Bonchev–Trinajstić information content (AvgIpc) is 3.22. The Morgan fingerprint density at radius 1 is 1.50 bits per heavy atom. The van der Waals surface area contributed by atoms with E-state index in [0.29, 0.717) is 24.8 Å². The minimum absolute atomic E-state index is 0.0344. The van der Waals surface area contributed by atoms with Gasteiger partial charge in [0.1, 0.15) is 11.3 Å². The monoisotopic (exact) mass is 279 g/mol. The van der Waals surface area contributed by atoms with Crippen molar-refractivity contribution in [2.24, 2.45) is 0 Å². The number of hydrogen-bond donors (Lipinski definition) is 3. The molecule has 0 aliphatic heterocycles.